The second-order valence-electron chi connectivity index (χ2n) is 21.9. The third kappa shape index (κ3) is 15.3. The summed E-state index contributed by atoms with van der Waals surface area (Å²) in [4.78, 5) is 106. The summed E-state index contributed by atoms with van der Waals surface area (Å²) in [5, 5.41) is 17.8. The first-order valence-electron chi connectivity index (χ1n) is 26.4. The number of hydrogen-bond acceptors (Lipinski definition) is 15. The molecule has 0 spiro atoms. The van der Waals surface area contributed by atoms with Crippen LogP contribution in [0.4, 0.5) is 9.59 Å². The van der Waals surface area contributed by atoms with Crippen LogP contribution >= 0.6 is 0 Å². The molecule has 0 aliphatic carbocycles. The Bertz CT molecular complexity index is 2460. The van der Waals surface area contributed by atoms with Gasteiger partial charge in [-0.3, -0.25) is 33.8 Å². The van der Waals surface area contributed by atoms with E-state index in [1.54, 1.807) is 48.5 Å². The summed E-state index contributed by atoms with van der Waals surface area (Å²) in [6, 6.07) is 10.3. The van der Waals surface area contributed by atoms with Crippen LogP contribution in [0.25, 0.3) is 0 Å². The van der Waals surface area contributed by atoms with Gasteiger partial charge in [0.15, 0.2) is 0 Å². The minimum absolute atomic E-state index is 0.167. The van der Waals surface area contributed by atoms with E-state index in [2.05, 4.69) is 16.0 Å². The van der Waals surface area contributed by atoms with Gasteiger partial charge in [0.05, 0.1) is 32.5 Å². The summed E-state index contributed by atoms with van der Waals surface area (Å²) in [5.74, 6) is -1.51. The number of carbonyl (C=O) groups excluding carboxylic acids is 7. The van der Waals surface area contributed by atoms with Crippen molar-refractivity contribution in [3.63, 3.8) is 0 Å². The van der Waals surface area contributed by atoms with Crippen LogP contribution in [-0.4, -0.2) is 173 Å². The molecule has 2 aromatic rings. The number of benzene rings is 2. The third-order valence-corrected chi connectivity index (χ3v) is 14.0. The van der Waals surface area contributed by atoms with Gasteiger partial charge >= 0.3 is 18.2 Å². The summed E-state index contributed by atoms with van der Waals surface area (Å²) in [6.45, 7) is 15.2. The number of para-hydroxylation sites is 2. The van der Waals surface area contributed by atoms with Crippen LogP contribution in [-0.2, 0) is 47.7 Å². The van der Waals surface area contributed by atoms with Crippen molar-refractivity contribution in [3.8, 4) is 11.5 Å². The first kappa shape index (κ1) is 59.5. The van der Waals surface area contributed by atoms with Crippen molar-refractivity contribution in [3.05, 3.63) is 59.7 Å². The van der Waals surface area contributed by atoms with Gasteiger partial charge in [-0.2, -0.15) is 0 Å². The lowest BCUT2D eigenvalue weighted by molar-refractivity contribution is -0.155. The fourth-order valence-electron chi connectivity index (χ4n) is 9.55. The zero-order valence-electron chi connectivity index (χ0n) is 45.9. The smallest absolute Gasteiger partial charge is 0.410 e. The number of aliphatic carboxylic acids is 1. The summed E-state index contributed by atoms with van der Waals surface area (Å²) in [6.07, 6.45) is 1.40. The number of carbonyl (C=O) groups is 8. The number of rotatable bonds is 9. The highest BCUT2D eigenvalue weighted by molar-refractivity contribution is 5.95. The second-order valence-corrected chi connectivity index (χ2v) is 21.9. The average Bonchev–Trinajstić information content (AvgIpc) is 3.97. The molecular weight excluding hydrogens is 1000 g/mol. The monoisotopic (exact) mass is 1080 g/mol. The topological polar surface area (TPSA) is 287 Å². The molecule has 6 aliphatic heterocycles. The predicted molar refractivity (Wildman–Crippen MR) is 278 cm³/mol. The molecule has 7 amide bonds. The standard InChI is InChI=1S/C27H38N4O7.C18H29N3O7.C9H11NO/c1-16(30(5)26(35)38-27(2,3)4)23(32)29-19-13-15-37-22-11-10-20(31(22)25(19)34)24(33)28-18-12-14-36-21-9-7-6-8-17(18)21;1-10(20(5)17(26)28-18(2,3)4)14(22)19-11-8-9-27-13-7-6-12(16(24)25)21(13)15(11)23;10-8-5-6-11-9-4-2-1-3-7(8)9/h6-9,16,18-20,22H,10-15H2,1-5H3,(H,28,33)(H,29,32);10-13H,6-9H2,1-5H3,(H,19,22)(H,24,25);1-4,8H,5-6,10H2/t16-,18+,19-,20+,22-;10-,11-,12+,13-;8-/m001/s1. The molecule has 6 aliphatic rings. The van der Waals surface area contributed by atoms with Crippen LogP contribution in [0, 0.1) is 0 Å². The Kier molecular flexibility index (Phi) is 19.8. The Labute approximate surface area is 450 Å². The first-order valence-corrected chi connectivity index (χ1v) is 26.4. The number of nitrogens with zero attached hydrogens (tertiary/aromatic N) is 4. The van der Waals surface area contributed by atoms with Crippen LogP contribution in [0.3, 0.4) is 0 Å². The van der Waals surface area contributed by atoms with Gasteiger partial charge in [0.25, 0.3) is 0 Å². The van der Waals surface area contributed by atoms with Gasteiger partial charge in [0.1, 0.15) is 71.4 Å². The molecule has 0 bridgehead atoms. The van der Waals surface area contributed by atoms with E-state index >= 15 is 0 Å². The average molecular weight is 1080 g/mol. The minimum atomic E-state index is -1.09. The zero-order chi connectivity index (χ0) is 56.5. The lowest BCUT2D eigenvalue weighted by Gasteiger charge is -2.33. The van der Waals surface area contributed by atoms with E-state index in [0.29, 0.717) is 38.7 Å². The molecule has 4 fully saturated rings. The van der Waals surface area contributed by atoms with Crippen molar-refractivity contribution in [1.29, 1.82) is 0 Å². The maximum atomic E-state index is 13.6. The Morgan fingerprint density at radius 1 is 0.597 bits per heavy atom. The Balaban J connectivity index is 0.000000214. The number of carboxylic acids is 1. The number of fused-ring (bicyclic) bond motifs is 4. The highest BCUT2D eigenvalue weighted by atomic mass is 16.6. The highest BCUT2D eigenvalue weighted by Crippen LogP contribution is 2.35. The van der Waals surface area contributed by atoms with Crippen molar-refractivity contribution in [2.24, 2.45) is 5.73 Å². The zero-order valence-corrected chi connectivity index (χ0v) is 45.9. The van der Waals surface area contributed by atoms with Crippen molar-refractivity contribution in [2.45, 2.75) is 179 Å². The molecule has 10 atom stereocenters. The van der Waals surface area contributed by atoms with E-state index in [4.69, 9.17) is 34.2 Å². The largest absolute Gasteiger partial charge is 0.493 e. The maximum absolute atomic E-state index is 13.6. The molecule has 77 heavy (non-hydrogen) atoms. The molecule has 0 saturated carbocycles. The maximum Gasteiger partial charge on any atom is 0.410 e. The molecular formula is C54H78N8O15. The molecule has 6 heterocycles. The Morgan fingerprint density at radius 2 is 1.01 bits per heavy atom. The number of hydrogen-bond donors (Lipinski definition) is 5. The predicted octanol–water partition coefficient (Wildman–Crippen LogP) is 4.12. The van der Waals surface area contributed by atoms with Crippen LogP contribution in [0.2, 0.25) is 0 Å². The van der Waals surface area contributed by atoms with Crippen LogP contribution < -0.4 is 31.2 Å². The number of ether oxygens (including phenoxy) is 6. The van der Waals surface area contributed by atoms with Gasteiger partial charge < -0.3 is 65.0 Å². The van der Waals surface area contributed by atoms with E-state index in [1.165, 1.54) is 35.7 Å². The highest BCUT2D eigenvalue weighted by Gasteiger charge is 2.48. The number of amides is 7. The van der Waals surface area contributed by atoms with Crippen molar-refractivity contribution < 1.29 is 71.9 Å². The molecule has 6 N–H and O–H groups in total. The molecule has 8 rings (SSSR count). The van der Waals surface area contributed by atoms with Crippen molar-refractivity contribution in [1.82, 2.24) is 35.6 Å². The quantitative estimate of drug-likeness (QED) is 0.236. The van der Waals surface area contributed by atoms with Gasteiger partial charge in [-0.1, -0.05) is 36.4 Å². The molecule has 0 aromatic heterocycles. The third-order valence-electron chi connectivity index (χ3n) is 14.0. The van der Waals surface area contributed by atoms with E-state index in [0.717, 1.165) is 40.6 Å². The molecule has 424 valence electrons. The van der Waals surface area contributed by atoms with Crippen LogP contribution in [0.15, 0.2) is 48.5 Å². The normalized spacial score (nSPS) is 25.3. The summed E-state index contributed by atoms with van der Waals surface area (Å²) in [5.41, 5.74) is 6.51. The fourth-order valence-corrected chi connectivity index (χ4v) is 9.55. The first-order chi connectivity index (χ1) is 36.3. The Morgan fingerprint density at radius 3 is 1.48 bits per heavy atom. The number of nitrogens with one attached hydrogen (secondary N) is 3. The minimum Gasteiger partial charge on any atom is -0.493 e. The van der Waals surface area contributed by atoms with Crippen molar-refractivity contribution >= 4 is 47.7 Å². The van der Waals surface area contributed by atoms with Gasteiger partial charge in [-0.05, 0) is 93.2 Å². The molecule has 23 nitrogen and oxygen atoms in total. The van der Waals surface area contributed by atoms with Gasteiger partial charge in [-0.25, -0.2) is 14.4 Å². The summed E-state index contributed by atoms with van der Waals surface area (Å²) >= 11 is 0. The molecule has 2 aromatic carbocycles. The van der Waals surface area contributed by atoms with E-state index in [-0.39, 0.29) is 50.0 Å². The summed E-state index contributed by atoms with van der Waals surface area (Å²) < 4.78 is 33.2. The molecule has 0 unspecified atom stereocenters. The SMILES string of the molecule is C[C@@H](C(=O)N[C@H]1CCO[C@H]2CC[C@H](C(=O)N[C@@H]3CCOc4ccccc43)N2C1=O)N(C)C(=O)OC(C)(C)C.C[C@@H](C(=O)N[C@H]1CCO[C@H]2CC[C@H](C(=O)O)N2C1=O)N(C)C(=O)OC(C)(C)C.N[C@@H]1CCOc2ccccc21. The molecule has 0 radical (unpaired) electrons. The molecule has 23 heteroatoms. The number of likely N-dealkylation sites (N-methyl/N-ethyl adjacent to an activating group) is 2. The lowest BCUT2D eigenvalue weighted by Crippen LogP contribution is -2.57. The number of carboxylic acid groups (broad SMARTS) is 1. The fraction of sp³-hybridized carbons (Fsp3) is 0.630. The van der Waals surface area contributed by atoms with E-state index < -0.39 is 95.8 Å². The summed E-state index contributed by atoms with van der Waals surface area (Å²) in [7, 11) is 2.91. The van der Waals surface area contributed by atoms with E-state index in [9.17, 15) is 43.5 Å². The van der Waals surface area contributed by atoms with E-state index in [1.807, 2.05) is 48.5 Å². The second kappa shape index (κ2) is 25.6. The molecule has 4 saturated heterocycles. The lowest BCUT2D eigenvalue weighted by atomic mass is 10.00. The van der Waals surface area contributed by atoms with Crippen molar-refractivity contribution in [2.75, 3.05) is 40.5 Å². The number of nitrogens with two attached hydrogens (primary N) is 1. The van der Waals surface area contributed by atoms with Crippen LogP contribution in [0.5, 0.6) is 11.5 Å². The van der Waals surface area contributed by atoms with Gasteiger partial charge in [0, 0.05) is 56.9 Å². The van der Waals surface area contributed by atoms with Gasteiger partial charge in [0.2, 0.25) is 29.5 Å². The Hall–Kier alpha value is -6.72. The van der Waals surface area contributed by atoms with Gasteiger partial charge in [-0.15, -0.1) is 0 Å². The van der Waals surface area contributed by atoms with Crippen LogP contribution in [0.1, 0.15) is 130 Å².